The highest BCUT2D eigenvalue weighted by Gasteiger charge is 2.25. The number of anilines is 1. The van der Waals surface area contributed by atoms with Crippen molar-refractivity contribution in [2.45, 2.75) is 13.3 Å². The molecule has 28 heavy (non-hydrogen) atoms. The first kappa shape index (κ1) is 19.0. The number of para-hydroxylation sites is 1. The van der Waals surface area contributed by atoms with Gasteiger partial charge in [-0.15, -0.1) is 0 Å². The maximum atomic E-state index is 13.3. The molecule has 1 fully saturated rings. The fourth-order valence-electron chi connectivity index (χ4n) is 3.48. The number of hydrogen-bond acceptors (Lipinski definition) is 6. The largest absolute Gasteiger partial charge is 0.379 e. The summed E-state index contributed by atoms with van der Waals surface area (Å²) in [5.41, 5.74) is 2.30. The lowest BCUT2D eigenvalue weighted by atomic mass is 10.2. The van der Waals surface area contributed by atoms with Crippen LogP contribution in [0.4, 0.5) is 5.13 Å². The van der Waals surface area contributed by atoms with Gasteiger partial charge in [0.1, 0.15) is 0 Å². The van der Waals surface area contributed by atoms with Crippen LogP contribution in [-0.2, 0) is 11.8 Å². The summed E-state index contributed by atoms with van der Waals surface area (Å²) in [4.78, 5) is 22.2. The number of amides is 1. The molecule has 3 heterocycles. The lowest BCUT2D eigenvalue weighted by Gasteiger charge is -2.27. The molecule has 0 N–H and O–H groups in total. The molecule has 1 amide bonds. The molecule has 0 spiro atoms. The minimum absolute atomic E-state index is 0.0841. The van der Waals surface area contributed by atoms with Gasteiger partial charge >= 0.3 is 0 Å². The number of benzene rings is 1. The molecule has 1 aliphatic rings. The number of carbonyl (C=O) groups excluding carboxylic acids is 1. The molecule has 0 bridgehead atoms. The molecule has 8 heteroatoms. The number of fused-ring (bicyclic) bond motifs is 1. The van der Waals surface area contributed by atoms with Crippen LogP contribution in [0, 0.1) is 6.92 Å². The van der Waals surface area contributed by atoms with Crippen LogP contribution in [0.3, 0.4) is 0 Å². The maximum Gasteiger partial charge on any atom is 0.280 e. The van der Waals surface area contributed by atoms with E-state index in [-0.39, 0.29) is 5.91 Å². The van der Waals surface area contributed by atoms with Gasteiger partial charge in [-0.3, -0.25) is 19.3 Å². The molecule has 4 rings (SSSR count). The number of aryl methyl sites for hydroxylation is 2. The van der Waals surface area contributed by atoms with E-state index in [1.165, 1.54) is 0 Å². The highest BCUT2D eigenvalue weighted by atomic mass is 32.1. The summed E-state index contributed by atoms with van der Waals surface area (Å²) in [5.74, 6) is -0.0841. The lowest BCUT2D eigenvalue weighted by Crippen LogP contribution is -2.39. The van der Waals surface area contributed by atoms with Crippen molar-refractivity contribution in [1.82, 2.24) is 19.7 Å². The van der Waals surface area contributed by atoms with Crippen LogP contribution in [0.25, 0.3) is 10.2 Å². The first-order chi connectivity index (χ1) is 13.6. The Morgan fingerprint density at radius 1 is 1.29 bits per heavy atom. The predicted molar refractivity (Wildman–Crippen MR) is 111 cm³/mol. The molecule has 148 valence electrons. The topological polar surface area (TPSA) is 63.5 Å². The Labute approximate surface area is 168 Å². The first-order valence-corrected chi connectivity index (χ1v) is 10.4. The van der Waals surface area contributed by atoms with Crippen molar-refractivity contribution in [3.8, 4) is 0 Å². The summed E-state index contributed by atoms with van der Waals surface area (Å²) < 4.78 is 8.19. The Kier molecular flexibility index (Phi) is 5.70. The van der Waals surface area contributed by atoms with Gasteiger partial charge in [0.25, 0.3) is 5.91 Å². The number of aromatic nitrogens is 3. The molecule has 1 aromatic carbocycles. The molecule has 0 aliphatic carbocycles. The van der Waals surface area contributed by atoms with E-state index in [0.29, 0.717) is 12.2 Å². The van der Waals surface area contributed by atoms with E-state index in [1.54, 1.807) is 20.9 Å². The highest BCUT2D eigenvalue weighted by molar-refractivity contribution is 7.22. The van der Waals surface area contributed by atoms with Crippen LogP contribution in [-0.4, -0.2) is 65.0 Å². The van der Waals surface area contributed by atoms with Gasteiger partial charge in [0.05, 0.1) is 23.4 Å². The number of nitrogens with zero attached hydrogens (tertiary/aromatic N) is 5. The Hall–Kier alpha value is -2.29. The standard InChI is InChI=1S/C20H25N5O2S/c1-15-14-23(2)22-18(15)19(26)25(9-5-8-24-10-12-27-13-11-24)20-21-16-6-3-4-7-17(16)28-20/h3-4,6-7,14H,5,8-13H2,1-2H3. The molecule has 0 atom stereocenters. The second-order valence-electron chi connectivity index (χ2n) is 7.06. The SMILES string of the molecule is Cc1cn(C)nc1C(=O)N(CCCN1CCOCC1)c1nc2ccccc2s1. The van der Waals surface area contributed by atoms with E-state index in [9.17, 15) is 4.79 Å². The van der Waals surface area contributed by atoms with Crippen molar-refractivity contribution in [2.24, 2.45) is 7.05 Å². The number of ether oxygens (including phenoxy) is 1. The van der Waals surface area contributed by atoms with Gasteiger partial charge in [0.15, 0.2) is 10.8 Å². The van der Waals surface area contributed by atoms with Gasteiger partial charge in [-0.1, -0.05) is 23.5 Å². The number of hydrogen-bond donors (Lipinski definition) is 0. The van der Waals surface area contributed by atoms with Crippen LogP contribution in [0.2, 0.25) is 0 Å². The predicted octanol–water partition coefficient (Wildman–Crippen LogP) is 2.71. The third-order valence-electron chi connectivity index (χ3n) is 4.93. The van der Waals surface area contributed by atoms with Crippen LogP contribution in [0.5, 0.6) is 0 Å². The Morgan fingerprint density at radius 3 is 2.79 bits per heavy atom. The summed E-state index contributed by atoms with van der Waals surface area (Å²) in [7, 11) is 1.84. The number of morpholine rings is 1. The normalized spacial score (nSPS) is 15.2. The summed E-state index contributed by atoms with van der Waals surface area (Å²) in [6, 6.07) is 7.99. The van der Waals surface area contributed by atoms with Crippen molar-refractivity contribution < 1.29 is 9.53 Å². The highest BCUT2D eigenvalue weighted by Crippen LogP contribution is 2.30. The van der Waals surface area contributed by atoms with Crippen LogP contribution in [0.1, 0.15) is 22.5 Å². The maximum absolute atomic E-state index is 13.3. The second-order valence-corrected chi connectivity index (χ2v) is 8.07. The molecular formula is C20H25N5O2S. The molecule has 3 aromatic rings. The van der Waals surface area contributed by atoms with E-state index < -0.39 is 0 Å². The zero-order valence-electron chi connectivity index (χ0n) is 16.3. The van der Waals surface area contributed by atoms with E-state index in [4.69, 9.17) is 9.72 Å². The summed E-state index contributed by atoms with van der Waals surface area (Å²) in [6.45, 7) is 6.96. The fourth-order valence-corrected chi connectivity index (χ4v) is 4.47. The summed E-state index contributed by atoms with van der Waals surface area (Å²) >= 11 is 1.55. The van der Waals surface area contributed by atoms with Gasteiger partial charge in [-0.25, -0.2) is 4.98 Å². The summed E-state index contributed by atoms with van der Waals surface area (Å²) in [5, 5.41) is 5.12. The molecule has 2 aromatic heterocycles. The Balaban J connectivity index is 1.56. The first-order valence-electron chi connectivity index (χ1n) is 9.59. The van der Waals surface area contributed by atoms with E-state index in [1.807, 2.05) is 44.4 Å². The Morgan fingerprint density at radius 2 is 2.07 bits per heavy atom. The van der Waals surface area contributed by atoms with E-state index >= 15 is 0 Å². The van der Waals surface area contributed by atoms with Gasteiger partial charge in [-0.05, 0) is 25.5 Å². The zero-order chi connectivity index (χ0) is 19.5. The molecule has 7 nitrogen and oxygen atoms in total. The van der Waals surface area contributed by atoms with Crippen LogP contribution >= 0.6 is 11.3 Å². The van der Waals surface area contributed by atoms with Gasteiger partial charge in [0, 0.05) is 45.0 Å². The average Bonchev–Trinajstić information content (AvgIpc) is 3.28. The smallest absolute Gasteiger partial charge is 0.280 e. The molecule has 1 saturated heterocycles. The van der Waals surface area contributed by atoms with Crippen LogP contribution in [0.15, 0.2) is 30.5 Å². The van der Waals surface area contributed by atoms with Gasteiger partial charge in [0.2, 0.25) is 0 Å². The second kappa shape index (κ2) is 8.38. The number of rotatable bonds is 6. The molecule has 0 radical (unpaired) electrons. The quantitative estimate of drug-likeness (QED) is 0.638. The minimum Gasteiger partial charge on any atom is -0.379 e. The van der Waals surface area contributed by atoms with Crippen molar-refractivity contribution >= 4 is 32.6 Å². The third-order valence-corrected chi connectivity index (χ3v) is 5.99. The van der Waals surface area contributed by atoms with Gasteiger partial charge in [-0.2, -0.15) is 5.10 Å². The lowest BCUT2D eigenvalue weighted by molar-refractivity contribution is 0.0376. The monoisotopic (exact) mass is 399 g/mol. The van der Waals surface area contributed by atoms with Crippen molar-refractivity contribution in [3.63, 3.8) is 0 Å². The number of thiazole rings is 1. The van der Waals surface area contributed by atoms with Crippen molar-refractivity contribution in [3.05, 3.63) is 41.7 Å². The van der Waals surface area contributed by atoms with Crippen molar-refractivity contribution in [1.29, 1.82) is 0 Å². The average molecular weight is 400 g/mol. The Bertz CT molecular complexity index is 928. The summed E-state index contributed by atoms with van der Waals surface area (Å²) in [6.07, 6.45) is 2.76. The van der Waals surface area contributed by atoms with E-state index in [0.717, 1.165) is 60.2 Å². The minimum atomic E-state index is -0.0841. The molecule has 0 unspecified atom stereocenters. The van der Waals surface area contributed by atoms with Gasteiger partial charge < -0.3 is 4.74 Å². The molecular weight excluding hydrogens is 374 g/mol. The molecule has 1 aliphatic heterocycles. The molecule has 0 saturated carbocycles. The zero-order valence-corrected chi connectivity index (χ0v) is 17.1. The number of carbonyl (C=O) groups is 1. The van der Waals surface area contributed by atoms with Crippen LogP contribution < -0.4 is 4.90 Å². The van der Waals surface area contributed by atoms with Crippen molar-refractivity contribution in [2.75, 3.05) is 44.3 Å². The van der Waals surface area contributed by atoms with E-state index in [2.05, 4.69) is 10.00 Å². The third kappa shape index (κ3) is 4.09. The fraction of sp³-hybridized carbons (Fsp3) is 0.450.